The van der Waals surface area contributed by atoms with Crippen LogP contribution < -0.4 is 10.9 Å². The summed E-state index contributed by atoms with van der Waals surface area (Å²) in [6, 6.07) is 9.81. The van der Waals surface area contributed by atoms with Crippen LogP contribution in [0.2, 0.25) is 0 Å². The number of rotatable bonds is 5. The number of aromatic nitrogens is 4. The first kappa shape index (κ1) is 21.0. The SMILES string of the molecule is Cc1ccc(-n2nc(C)cc2NC(=O)CSc2nc3sc4c(c3c(=O)n2C)CCC4)cc1. The molecule has 0 spiro atoms. The minimum absolute atomic E-state index is 0.0228. The summed E-state index contributed by atoms with van der Waals surface area (Å²) in [6.45, 7) is 3.92. The molecule has 0 saturated heterocycles. The Morgan fingerprint density at radius 2 is 2.00 bits per heavy atom. The number of fused-ring (bicyclic) bond motifs is 3. The van der Waals surface area contributed by atoms with Crippen LogP contribution in [0.1, 0.15) is 28.1 Å². The number of hydrogen-bond acceptors (Lipinski definition) is 6. The van der Waals surface area contributed by atoms with Crippen molar-refractivity contribution in [1.29, 1.82) is 0 Å². The fraction of sp³-hybridized carbons (Fsp3) is 0.304. The summed E-state index contributed by atoms with van der Waals surface area (Å²) in [5.41, 5.74) is 4.00. The van der Waals surface area contributed by atoms with E-state index in [1.165, 1.54) is 22.2 Å². The van der Waals surface area contributed by atoms with Crippen LogP contribution >= 0.6 is 23.1 Å². The molecular formula is C23H23N5O2S2. The van der Waals surface area contributed by atoms with Gasteiger partial charge in [0.2, 0.25) is 5.91 Å². The molecule has 164 valence electrons. The van der Waals surface area contributed by atoms with E-state index >= 15 is 0 Å². The van der Waals surface area contributed by atoms with Gasteiger partial charge in [0.25, 0.3) is 5.56 Å². The Morgan fingerprint density at radius 1 is 1.22 bits per heavy atom. The van der Waals surface area contributed by atoms with E-state index in [1.807, 2.05) is 44.2 Å². The summed E-state index contributed by atoms with van der Waals surface area (Å²) < 4.78 is 3.29. The largest absolute Gasteiger partial charge is 0.310 e. The van der Waals surface area contributed by atoms with Crippen LogP contribution in [0.25, 0.3) is 15.9 Å². The Bertz CT molecular complexity index is 1400. The highest BCUT2D eigenvalue weighted by Crippen LogP contribution is 2.35. The third kappa shape index (κ3) is 3.75. The van der Waals surface area contributed by atoms with Gasteiger partial charge >= 0.3 is 0 Å². The van der Waals surface area contributed by atoms with Crippen LogP contribution in [0.15, 0.2) is 40.3 Å². The van der Waals surface area contributed by atoms with Crippen molar-refractivity contribution in [3.05, 3.63) is 62.4 Å². The second-order valence-electron chi connectivity index (χ2n) is 8.05. The van der Waals surface area contributed by atoms with Crippen LogP contribution in [0, 0.1) is 13.8 Å². The Hall–Kier alpha value is -2.91. The Morgan fingerprint density at radius 3 is 2.78 bits per heavy atom. The fourth-order valence-corrected chi connectivity index (χ4v) is 6.09. The smallest absolute Gasteiger partial charge is 0.262 e. The van der Waals surface area contributed by atoms with E-state index in [1.54, 1.807) is 27.6 Å². The van der Waals surface area contributed by atoms with Crippen LogP contribution in [0.5, 0.6) is 0 Å². The van der Waals surface area contributed by atoms with Crippen molar-refractivity contribution in [2.45, 2.75) is 38.3 Å². The minimum atomic E-state index is -0.175. The summed E-state index contributed by atoms with van der Waals surface area (Å²) in [7, 11) is 1.73. The number of thioether (sulfide) groups is 1. The van der Waals surface area contributed by atoms with Crippen molar-refractivity contribution >= 4 is 45.0 Å². The maximum atomic E-state index is 12.9. The molecule has 7 nitrogen and oxygen atoms in total. The molecule has 1 aromatic carbocycles. The molecule has 1 aliphatic carbocycles. The number of hydrogen-bond donors (Lipinski definition) is 1. The molecule has 0 unspecified atom stereocenters. The first-order chi connectivity index (χ1) is 15.4. The van der Waals surface area contributed by atoms with Crippen molar-refractivity contribution in [3.8, 4) is 5.69 Å². The van der Waals surface area contributed by atoms with Crippen LogP contribution in [-0.2, 0) is 24.7 Å². The van der Waals surface area contributed by atoms with Crippen LogP contribution in [0.4, 0.5) is 5.82 Å². The number of anilines is 1. The predicted octanol–water partition coefficient (Wildman–Crippen LogP) is 4.02. The summed E-state index contributed by atoms with van der Waals surface area (Å²) in [6.07, 6.45) is 3.09. The molecule has 32 heavy (non-hydrogen) atoms. The quantitative estimate of drug-likeness (QED) is 0.356. The average Bonchev–Trinajstić information content (AvgIpc) is 3.44. The second-order valence-corrected chi connectivity index (χ2v) is 10.1. The molecule has 0 bridgehead atoms. The number of benzene rings is 1. The average molecular weight is 466 g/mol. The van der Waals surface area contributed by atoms with E-state index in [-0.39, 0.29) is 17.2 Å². The summed E-state index contributed by atoms with van der Waals surface area (Å²) in [4.78, 5) is 32.4. The lowest BCUT2D eigenvalue weighted by Crippen LogP contribution is -2.22. The predicted molar refractivity (Wildman–Crippen MR) is 129 cm³/mol. The zero-order valence-corrected chi connectivity index (χ0v) is 19.8. The van der Waals surface area contributed by atoms with Gasteiger partial charge in [-0.15, -0.1) is 11.3 Å². The van der Waals surface area contributed by atoms with E-state index in [2.05, 4.69) is 10.4 Å². The van der Waals surface area contributed by atoms with Crippen molar-refractivity contribution in [2.75, 3.05) is 11.1 Å². The molecule has 0 aliphatic heterocycles. The van der Waals surface area contributed by atoms with Crippen LogP contribution in [-0.4, -0.2) is 31.0 Å². The molecule has 9 heteroatoms. The first-order valence-corrected chi connectivity index (χ1v) is 12.3. The molecule has 3 heterocycles. The normalized spacial score (nSPS) is 13.0. The zero-order chi connectivity index (χ0) is 22.4. The fourth-order valence-electron chi connectivity index (χ4n) is 4.02. The minimum Gasteiger partial charge on any atom is -0.310 e. The maximum absolute atomic E-state index is 12.9. The standard InChI is InChI=1S/C23H23N5O2S2/c1-13-7-9-15(10-8-13)28-18(11-14(2)26-28)24-19(29)12-31-23-25-21-20(22(30)27(23)3)16-5-4-6-17(16)32-21/h7-11H,4-6,12H2,1-3H3,(H,24,29). The highest BCUT2D eigenvalue weighted by molar-refractivity contribution is 7.99. The molecule has 0 fully saturated rings. The highest BCUT2D eigenvalue weighted by Gasteiger charge is 2.22. The lowest BCUT2D eigenvalue weighted by molar-refractivity contribution is -0.113. The third-order valence-electron chi connectivity index (χ3n) is 5.62. The lowest BCUT2D eigenvalue weighted by atomic mass is 10.2. The molecule has 0 saturated carbocycles. The van der Waals surface area contributed by atoms with E-state index in [4.69, 9.17) is 4.98 Å². The Labute approximate surface area is 193 Å². The lowest BCUT2D eigenvalue weighted by Gasteiger charge is -2.10. The first-order valence-electron chi connectivity index (χ1n) is 10.5. The molecule has 1 amide bonds. The molecule has 0 atom stereocenters. The van der Waals surface area contributed by atoms with Crippen LogP contribution in [0.3, 0.4) is 0 Å². The van der Waals surface area contributed by atoms with Gasteiger partial charge in [0.1, 0.15) is 10.6 Å². The van der Waals surface area contributed by atoms with E-state index < -0.39 is 0 Å². The number of carbonyl (C=O) groups is 1. The van der Waals surface area contributed by atoms with Gasteiger partial charge in [0.15, 0.2) is 5.16 Å². The van der Waals surface area contributed by atoms with Gasteiger partial charge in [0.05, 0.1) is 22.5 Å². The highest BCUT2D eigenvalue weighted by atomic mass is 32.2. The molecule has 3 aromatic heterocycles. The van der Waals surface area contributed by atoms with E-state index in [9.17, 15) is 9.59 Å². The Kier molecular flexibility index (Phi) is 5.38. The second kappa shape index (κ2) is 8.22. The maximum Gasteiger partial charge on any atom is 0.262 e. The molecule has 1 N–H and O–H groups in total. The van der Waals surface area contributed by atoms with Gasteiger partial charge < -0.3 is 5.32 Å². The van der Waals surface area contributed by atoms with Gasteiger partial charge in [-0.2, -0.15) is 5.10 Å². The molecule has 4 aromatic rings. The molecule has 0 radical (unpaired) electrons. The summed E-state index contributed by atoms with van der Waals surface area (Å²) in [5, 5.41) is 8.77. The van der Waals surface area contributed by atoms with E-state index in [0.29, 0.717) is 11.0 Å². The molecule has 5 rings (SSSR count). The van der Waals surface area contributed by atoms with Gasteiger partial charge in [0, 0.05) is 18.0 Å². The van der Waals surface area contributed by atoms with Crippen molar-refractivity contribution in [3.63, 3.8) is 0 Å². The third-order valence-corrected chi connectivity index (χ3v) is 7.83. The van der Waals surface area contributed by atoms with Crippen molar-refractivity contribution in [2.24, 2.45) is 7.05 Å². The number of carbonyl (C=O) groups excluding carboxylic acids is 1. The van der Waals surface area contributed by atoms with E-state index in [0.717, 1.165) is 46.4 Å². The number of thiophene rings is 1. The summed E-state index contributed by atoms with van der Waals surface area (Å²) >= 11 is 2.89. The molecular weight excluding hydrogens is 442 g/mol. The number of nitrogens with zero attached hydrogens (tertiary/aromatic N) is 4. The monoisotopic (exact) mass is 465 g/mol. The van der Waals surface area contributed by atoms with Crippen molar-refractivity contribution in [1.82, 2.24) is 19.3 Å². The number of aryl methyl sites for hydroxylation is 4. The van der Waals surface area contributed by atoms with Crippen molar-refractivity contribution < 1.29 is 4.79 Å². The van der Waals surface area contributed by atoms with Gasteiger partial charge in [-0.3, -0.25) is 14.2 Å². The number of nitrogens with one attached hydrogen (secondary N) is 1. The van der Waals surface area contributed by atoms with Gasteiger partial charge in [-0.25, -0.2) is 9.67 Å². The zero-order valence-electron chi connectivity index (χ0n) is 18.1. The topological polar surface area (TPSA) is 81.8 Å². The summed E-state index contributed by atoms with van der Waals surface area (Å²) in [5.74, 6) is 0.588. The van der Waals surface area contributed by atoms with Gasteiger partial charge in [-0.05, 0) is 50.8 Å². The Balaban J connectivity index is 1.34. The van der Waals surface area contributed by atoms with Gasteiger partial charge in [-0.1, -0.05) is 29.5 Å². The molecule has 1 aliphatic rings. The number of amides is 1.